The van der Waals surface area contributed by atoms with E-state index in [0.29, 0.717) is 40.3 Å². The SMILES string of the molecule is CN/C=C(\C=N)c1cc([C@@H](C)NC(=O)c2cc(N3C[C@H]4CC[C@@H](C3)N4C)ccc2C)cc(OC)c1OC. The molecule has 0 aliphatic carbocycles. The number of benzene rings is 2. The molecule has 4 rings (SSSR count). The second-order valence-corrected chi connectivity index (χ2v) is 9.99. The number of likely N-dealkylation sites (N-methyl/N-ethyl adjacent to an activating group) is 1. The molecule has 0 unspecified atom stereocenters. The number of hydrogen-bond donors (Lipinski definition) is 3. The molecule has 198 valence electrons. The van der Waals surface area contributed by atoms with Crippen LogP contribution in [0.2, 0.25) is 0 Å². The van der Waals surface area contributed by atoms with E-state index in [1.54, 1.807) is 27.5 Å². The lowest BCUT2D eigenvalue weighted by Gasteiger charge is -2.40. The Morgan fingerprint density at radius 2 is 1.81 bits per heavy atom. The Hall–Kier alpha value is -3.52. The minimum atomic E-state index is -0.296. The van der Waals surface area contributed by atoms with E-state index >= 15 is 0 Å². The first-order valence-electron chi connectivity index (χ1n) is 12.8. The van der Waals surface area contributed by atoms with Crippen molar-refractivity contribution in [3.8, 4) is 11.5 Å². The standard InChI is InChI=1S/C29H39N5O3/c1-18-7-8-22(34-16-23-9-10-24(17-34)33(23)4)13-25(18)29(35)32-19(2)20-11-26(21(14-30)15-31-3)28(37-6)27(12-20)36-5/h7-8,11-15,19,23-24,30-31H,9-10,16-17H2,1-6H3,(H,32,35)/b21-15+,30-14?/t19-,23-,24+/m1/s1. The van der Waals surface area contributed by atoms with Gasteiger partial charge >= 0.3 is 0 Å². The lowest BCUT2D eigenvalue weighted by Crippen LogP contribution is -2.52. The third-order valence-corrected chi connectivity index (χ3v) is 7.79. The Morgan fingerprint density at radius 1 is 1.11 bits per heavy atom. The molecular formula is C29H39N5O3. The van der Waals surface area contributed by atoms with Crippen molar-refractivity contribution in [3.05, 3.63) is 58.8 Å². The fourth-order valence-corrected chi connectivity index (χ4v) is 5.54. The fraction of sp³-hybridized carbons (Fsp3) is 0.448. The first-order chi connectivity index (χ1) is 17.8. The van der Waals surface area contributed by atoms with E-state index in [0.717, 1.165) is 29.9 Å². The number of anilines is 1. The molecular weight excluding hydrogens is 466 g/mol. The average molecular weight is 506 g/mol. The molecule has 0 radical (unpaired) electrons. The molecule has 8 nitrogen and oxygen atoms in total. The van der Waals surface area contributed by atoms with Gasteiger partial charge in [-0.1, -0.05) is 6.07 Å². The molecule has 2 heterocycles. The molecule has 1 amide bonds. The summed E-state index contributed by atoms with van der Waals surface area (Å²) < 4.78 is 11.2. The van der Waals surface area contributed by atoms with Crippen LogP contribution in [0.5, 0.6) is 11.5 Å². The van der Waals surface area contributed by atoms with E-state index in [2.05, 4.69) is 33.5 Å². The van der Waals surface area contributed by atoms with E-state index in [-0.39, 0.29) is 11.9 Å². The average Bonchev–Trinajstić information content (AvgIpc) is 3.10. The van der Waals surface area contributed by atoms with Crippen LogP contribution in [-0.2, 0) is 0 Å². The van der Waals surface area contributed by atoms with Crippen LogP contribution in [0, 0.1) is 12.3 Å². The van der Waals surface area contributed by atoms with Crippen molar-refractivity contribution >= 4 is 23.4 Å². The van der Waals surface area contributed by atoms with Crippen LogP contribution in [0.3, 0.4) is 0 Å². The summed E-state index contributed by atoms with van der Waals surface area (Å²) in [5.74, 6) is 0.973. The van der Waals surface area contributed by atoms with Crippen LogP contribution in [0.1, 0.15) is 52.9 Å². The van der Waals surface area contributed by atoms with Gasteiger partial charge in [-0.05, 0) is 69.1 Å². The van der Waals surface area contributed by atoms with E-state index in [9.17, 15) is 4.79 Å². The monoisotopic (exact) mass is 505 g/mol. The number of allylic oxidation sites excluding steroid dienone is 1. The van der Waals surface area contributed by atoms with Crippen molar-refractivity contribution in [2.45, 2.75) is 44.8 Å². The normalized spacial score (nSPS) is 20.4. The van der Waals surface area contributed by atoms with E-state index < -0.39 is 0 Å². The predicted molar refractivity (Wildman–Crippen MR) is 149 cm³/mol. The maximum absolute atomic E-state index is 13.5. The molecule has 2 bridgehead atoms. The number of methoxy groups -OCH3 is 2. The number of carbonyl (C=O) groups excluding carboxylic acids is 1. The number of nitrogens with one attached hydrogen (secondary N) is 3. The maximum Gasteiger partial charge on any atom is 0.252 e. The molecule has 2 fully saturated rings. The van der Waals surface area contributed by atoms with Crippen LogP contribution < -0.4 is 25.0 Å². The zero-order valence-corrected chi connectivity index (χ0v) is 22.7. The molecule has 2 aliphatic rings. The number of amides is 1. The van der Waals surface area contributed by atoms with Gasteiger partial charge in [0.15, 0.2) is 11.5 Å². The van der Waals surface area contributed by atoms with Crippen LogP contribution in [-0.4, -0.2) is 70.5 Å². The lowest BCUT2D eigenvalue weighted by atomic mass is 9.98. The summed E-state index contributed by atoms with van der Waals surface area (Å²) in [7, 11) is 7.17. The highest BCUT2D eigenvalue weighted by molar-refractivity contribution is 6.09. The first kappa shape index (κ1) is 26.5. The fourth-order valence-electron chi connectivity index (χ4n) is 5.54. The predicted octanol–water partition coefficient (Wildman–Crippen LogP) is 4.00. The number of carbonyl (C=O) groups is 1. The summed E-state index contributed by atoms with van der Waals surface area (Å²) in [4.78, 5) is 18.4. The molecule has 2 aromatic carbocycles. The van der Waals surface area contributed by atoms with Crippen LogP contribution >= 0.6 is 0 Å². The Balaban J connectivity index is 1.59. The minimum absolute atomic E-state index is 0.113. The van der Waals surface area contributed by atoms with Gasteiger partial charge < -0.3 is 30.4 Å². The van der Waals surface area contributed by atoms with Crippen LogP contribution in [0.15, 0.2) is 36.5 Å². The summed E-state index contributed by atoms with van der Waals surface area (Å²) in [5, 5.41) is 14.0. The molecule has 2 aliphatic heterocycles. The van der Waals surface area contributed by atoms with Crippen molar-refractivity contribution in [1.82, 2.24) is 15.5 Å². The van der Waals surface area contributed by atoms with E-state index in [1.807, 2.05) is 38.1 Å². The molecule has 3 N–H and O–H groups in total. The molecule has 37 heavy (non-hydrogen) atoms. The zero-order valence-electron chi connectivity index (χ0n) is 22.7. The maximum atomic E-state index is 13.5. The number of hydrogen-bond acceptors (Lipinski definition) is 7. The van der Waals surface area contributed by atoms with Gasteiger partial charge in [-0.3, -0.25) is 9.69 Å². The number of ether oxygens (including phenoxy) is 2. The Labute approximate surface area is 220 Å². The van der Waals surface area contributed by atoms with Gasteiger partial charge in [-0.15, -0.1) is 0 Å². The molecule has 3 atom stereocenters. The first-order valence-corrected chi connectivity index (χ1v) is 12.8. The van der Waals surface area contributed by atoms with Gasteiger partial charge in [0.1, 0.15) is 0 Å². The van der Waals surface area contributed by atoms with Crippen LogP contribution in [0.4, 0.5) is 5.69 Å². The third kappa shape index (κ3) is 5.30. The summed E-state index contributed by atoms with van der Waals surface area (Å²) in [6, 6.07) is 10.9. The van der Waals surface area contributed by atoms with Gasteiger partial charge in [0.2, 0.25) is 0 Å². The number of nitrogens with zero attached hydrogens (tertiary/aromatic N) is 2. The van der Waals surface area contributed by atoms with Crippen LogP contribution in [0.25, 0.3) is 5.57 Å². The number of fused-ring (bicyclic) bond motifs is 2. The molecule has 0 aromatic heterocycles. The van der Waals surface area contributed by atoms with Crippen molar-refractivity contribution in [2.75, 3.05) is 46.3 Å². The van der Waals surface area contributed by atoms with Crippen molar-refractivity contribution in [1.29, 1.82) is 5.41 Å². The van der Waals surface area contributed by atoms with E-state index in [1.165, 1.54) is 19.1 Å². The van der Waals surface area contributed by atoms with Gasteiger partial charge in [-0.25, -0.2) is 0 Å². The van der Waals surface area contributed by atoms with Gasteiger partial charge in [0, 0.05) is 67.0 Å². The summed E-state index contributed by atoms with van der Waals surface area (Å²) in [5.41, 5.74) is 4.95. The van der Waals surface area contributed by atoms with E-state index in [4.69, 9.17) is 14.9 Å². The topological polar surface area (TPSA) is 89.9 Å². The summed E-state index contributed by atoms with van der Waals surface area (Å²) in [6.07, 6.45) is 5.48. The van der Waals surface area contributed by atoms with Gasteiger partial charge in [0.05, 0.1) is 20.3 Å². The Bertz CT molecular complexity index is 1180. The number of aryl methyl sites for hydroxylation is 1. The Morgan fingerprint density at radius 3 is 2.41 bits per heavy atom. The van der Waals surface area contributed by atoms with Gasteiger partial charge in [-0.2, -0.15) is 0 Å². The molecule has 2 saturated heterocycles. The second kappa shape index (κ2) is 11.3. The molecule has 0 saturated carbocycles. The second-order valence-electron chi connectivity index (χ2n) is 9.99. The van der Waals surface area contributed by atoms with Gasteiger partial charge in [0.25, 0.3) is 5.91 Å². The highest BCUT2D eigenvalue weighted by Gasteiger charge is 2.37. The number of rotatable bonds is 9. The zero-order chi connectivity index (χ0) is 26.7. The lowest BCUT2D eigenvalue weighted by molar-refractivity contribution is 0.0939. The minimum Gasteiger partial charge on any atom is -0.493 e. The Kier molecular flexibility index (Phi) is 8.07. The number of piperazine rings is 1. The van der Waals surface area contributed by atoms with Crippen molar-refractivity contribution in [3.63, 3.8) is 0 Å². The molecule has 2 aromatic rings. The highest BCUT2D eigenvalue weighted by Crippen LogP contribution is 2.38. The van der Waals surface area contributed by atoms with Crippen molar-refractivity contribution < 1.29 is 14.3 Å². The third-order valence-electron chi connectivity index (χ3n) is 7.79. The summed E-state index contributed by atoms with van der Waals surface area (Å²) >= 11 is 0. The quantitative estimate of drug-likeness (QED) is 0.447. The molecule has 8 heteroatoms. The largest absolute Gasteiger partial charge is 0.493 e. The smallest absolute Gasteiger partial charge is 0.252 e. The highest BCUT2D eigenvalue weighted by atomic mass is 16.5. The molecule has 0 spiro atoms. The summed E-state index contributed by atoms with van der Waals surface area (Å²) in [6.45, 7) is 5.92. The van der Waals surface area contributed by atoms with Crippen molar-refractivity contribution in [2.24, 2.45) is 0 Å².